The highest BCUT2D eigenvalue weighted by Gasteiger charge is 2.19. The predicted octanol–water partition coefficient (Wildman–Crippen LogP) is 7.10. The van der Waals surface area contributed by atoms with Gasteiger partial charge in [-0.05, 0) is 46.0 Å². The average Bonchev–Trinajstić information content (AvgIpc) is 3.36. The Hall–Kier alpha value is -4.91. The molecule has 0 fully saturated rings. The SMILES string of the molecule is CC(OC(=O)Nc1cnoc1-c1ccc(-c2ccc(CC(=O)O)cc2)c2ccccc12)c1ccccc1. The molecule has 0 saturated carbocycles. The van der Waals surface area contributed by atoms with Gasteiger partial charge in [-0.2, -0.15) is 0 Å². The summed E-state index contributed by atoms with van der Waals surface area (Å²) in [6.45, 7) is 1.81. The van der Waals surface area contributed by atoms with E-state index in [1.54, 1.807) is 0 Å². The lowest BCUT2D eigenvalue weighted by molar-refractivity contribution is -0.136. The molecule has 1 aromatic heterocycles. The summed E-state index contributed by atoms with van der Waals surface area (Å²) in [6, 6.07) is 28.8. The minimum atomic E-state index is -0.863. The van der Waals surface area contributed by atoms with Gasteiger partial charge in [0.1, 0.15) is 11.8 Å². The number of aliphatic carboxylic acids is 1. The number of ether oxygens (including phenoxy) is 1. The first-order valence-corrected chi connectivity index (χ1v) is 11.8. The molecule has 0 aliphatic carbocycles. The molecule has 2 N–H and O–H groups in total. The van der Waals surface area contributed by atoms with Crippen LogP contribution in [0.3, 0.4) is 0 Å². The van der Waals surface area contributed by atoms with Crippen molar-refractivity contribution in [1.82, 2.24) is 5.16 Å². The molecule has 184 valence electrons. The number of hydrogen-bond acceptors (Lipinski definition) is 5. The number of carboxylic acid groups (broad SMARTS) is 1. The number of carbonyl (C=O) groups excluding carboxylic acids is 1. The number of carbonyl (C=O) groups is 2. The van der Waals surface area contributed by atoms with Gasteiger partial charge in [-0.1, -0.05) is 90.1 Å². The molecular formula is C30H24N2O5. The number of amides is 1. The van der Waals surface area contributed by atoms with Gasteiger partial charge in [-0.15, -0.1) is 0 Å². The summed E-state index contributed by atoms with van der Waals surface area (Å²) in [4.78, 5) is 23.6. The van der Waals surface area contributed by atoms with Crippen LogP contribution in [0.15, 0.2) is 102 Å². The van der Waals surface area contributed by atoms with Crippen LogP contribution in [-0.4, -0.2) is 22.3 Å². The number of nitrogens with zero attached hydrogens (tertiary/aromatic N) is 1. The monoisotopic (exact) mass is 492 g/mol. The number of carboxylic acids is 1. The van der Waals surface area contributed by atoms with Crippen LogP contribution in [0.2, 0.25) is 0 Å². The van der Waals surface area contributed by atoms with E-state index >= 15 is 0 Å². The second-order valence-corrected chi connectivity index (χ2v) is 8.63. The highest BCUT2D eigenvalue weighted by Crippen LogP contribution is 2.38. The van der Waals surface area contributed by atoms with Gasteiger partial charge in [0, 0.05) is 5.56 Å². The molecule has 0 bridgehead atoms. The standard InChI is InChI=1S/C30H24N2O5/c1-19(21-7-3-2-4-8-21)36-30(35)32-27-18-31-37-29(27)26-16-15-23(24-9-5-6-10-25(24)26)22-13-11-20(12-14-22)17-28(33)34/h2-16,18-19H,17H2,1H3,(H,32,35)(H,33,34). The van der Waals surface area contributed by atoms with Crippen molar-refractivity contribution in [3.8, 4) is 22.5 Å². The van der Waals surface area contributed by atoms with Gasteiger partial charge in [-0.3, -0.25) is 10.1 Å². The van der Waals surface area contributed by atoms with E-state index < -0.39 is 18.2 Å². The van der Waals surface area contributed by atoms with Gasteiger partial charge < -0.3 is 14.4 Å². The molecule has 0 aliphatic heterocycles. The summed E-state index contributed by atoms with van der Waals surface area (Å²) in [7, 11) is 0. The van der Waals surface area contributed by atoms with E-state index in [0.717, 1.165) is 38.6 Å². The van der Waals surface area contributed by atoms with Gasteiger partial charge in [-0.25, -0.2) is 4.79 Å². The van der Waals surface area contributed by atoms with E-state index in [1.165, 1.54) is 6.20 Å². The highest BCUT2D eigenvalue weighted by atomic mass is 16.6. The smallest absolute Gasteiger partial charge is 0.412 e. The molecule has 7 heteroatoms. The maximum atomic E-state index is 12.6. The first kappa shape index (κ1) is 23.8. The number of rotatable bonds is 7. The molecule has 0 radical (unpaired) electrons. The first-order chi connectivity index (χ1) is 18.0. The zero-order chi connectivity index (χ0) is 25.8. The van der Waals surface area contributed by atoms with Crippen molar-refractivity contribution in [2.45, 2.75) is 19.4 Å². The number of aromatic nitrogens is 1. The van der Waals surface area contributed by atoms with Crippen LogP contribution in [-0.2, 0) is 16.0 Å². The van der Waals surface area contributed by atoms with Gasteiger partial charge in [0.15, 0.2) is 5.76 Å². The van der Waals surface area contributed by atoms with Crippen molar-refractivity contribution in [3.05, 3.63) is 108 Å². The quantitative estimate of drug-likeness (QED) is 0.251. The Morgan fingerprint density at radius 2 is 1.54 bits per heavy atom. The van der Waals surface area contributed by atoms with Crippen molar-refractivity contribution < 1.29 is 24.0 Å². The molecule has 1 atom stereocenters. The zero-order valence-electron chi connectivity index (χ0n) is 20.0. The van der Waals surface area contributed by atoms with Crippen LogP contribution < -0.4 is 5.32 Å². The van der Waals surface area contributed by atoms with E-state index in [9.17, 15) is 9.59 Å². The Kier molecular flexibility index (Phi) is 6.68. The summed E-state index contributed by atoms with van der Waals surface area (Å²) in [5.41, 5.74) is 4.76. The fourth-order valence-electron chi connectivity index (χ4n) is 4.34. The van der Waals surface area contributed by atoms with E-state index in [0.29, 0.717) is 11.4 Å². The molecule has 5 aromatic rings. The molecule has 1 unspecified atom stereocenters. The van der Waals surface area contributed by atoms with Crippen molar-refractivity contribution in [2.75, 3.05) is 5.32 Å². The lowest BCUT2D eigenvalue weighted by Gasteiger charge is -2.14. The van der Waals surface area contributed by atoms with Crippen LogP contribution in [0.25, 0.3) is 33.2 Å². The topological polar surface area (TPSA) is 102 Å². The van der Waals surface area contributed by atoms with Crippen LogP contribution >= 0.6 is 0 Å². The molecule has 1 heterocycles. The lowest BCUT2D eigenvalue weighted by Crippen LogP contribution is -2.16. The minimum Gasteiger partial charge on any atom is -0.481 e. The van der Waals surface area contributed by atoms with Crippen molar-refractivity contribution in [1.29, 1.82) is 0 Å². The van der Waals surface area contributed by atoms with Gasteiger partial charge >= 0.3 is 12.1 Å². The largest absolute Gasteiger partial charge is 0.481 e. The second-order valence-electron chi connectivity index (χ2n) is 8.63. The molecule has 7 nitrogen and oxygen atoms in total. The zero-order valence-corrected chi connectivity index (χ0v) is 20.0. The average molecular weight is 493 g/mol. The molecule has 0 aliphatic rings. The number of hydrogen-bond donors (Lipinski definition) is 2. The predicted molar refractivity (Wildman–Crippen MR) is 141 cm³/mol. The molecule has 0 saturated heterocycles. The Morgan fingerprint density at radius 1 is 0.892 bits per heavy atom. The van der Waals surface area contributed by atoms with Crippen molar-refractivity contribution in [2.24, 2.45) is 0 Å². The van der Waals surface area contributed by atoms with E-state index in [-0.39, 0.29) is 6.42 Å². The van der Waals surface area contributed by atoms with Gasteiger partial charge in [0.2, 0.25) is 0 Å². The summed E-state index contributed by atoms with van der Waals surface area (Å²) in [6.07, 6.45) is 0.399. The lowest BCUT2D eigenvalue weighted by atomic mass is 9.93. The Balaban J connectivity index is 1.43. The maximum absolute atomic E-state index is 12.6. The van der Waals surface area contributed by atoms with Crippen LogP contribution in [0.4, 0.5) is 10.5 Å². The minimum absolute atomic E-state index is 0.0200. The number of fused-ring (bicyclic) bond motifs is 1. The first-order valence-electron chi connectivity index (χ1n) is 11.8. The van der Waals surface area contributed by atoms with Crippen molar-refractivity contribution in [3.63, 3.8) is 0 Å². The molecule has 4 aromatic carbocycles. The maximum Gasteiger partial charge on any atom is 0.412 e. The molecular weight excluding hydrogens is 468 g/mol. The van der Waals surface area contributed by atoms with Crippen LogP contribution in [0, 0.1) is 0 Å². The highest BCUT2D eigenvalue weighted by molar-refractivity contribution is 6.06. The van der Waals surface area contributed by atoms with E-state index in [4.69, 9.17) is 14.4 Å². The van der Waals surface area contributed by atoms with Crippen LogP contribution in [0.5, 0.6) is 0 Å². The Labute approximate surface area is 213 Å². The molecule has 37 heavy (non-hydrogen) atoms. The number of nitrogens with one attached hydrogen (secondary N) is 1. The normalized spacial score (nSPS) is 11.7. The molecule has 1 amide bonds. The third-order valence-electron chi connectivity index (χ3n) is 6.15. The van der Waals surface area contributed by atoms with Gasteiger partial charge in [0.25, 0.3) is 0 Å². The van der Waals surface area contributed by atoms with Crippen molar-refractivity contribution >= 4 is 28.5 Å². The fourth-order valence-corrected chi connectivity index (χ4v) is 4.34. The van der Waals surface area contributed by atoms with E-state index in [1.807, 2.05) is 97.9 Å². The Bertz CT molecular complexity index is 1560. The molecule has 5 rings (SSSR count). The van der Waals surface area contributed by atoms with E-state index in [2.05, 4.69) is 10.5 Å². The third kappa shape index (κ3) is 5.21. The fraction of sp³-hybridized carbons (Fsp3) is 0.100. The summed E-state index contributed by atoms with van der Waals surface area (Å²) >= 11 is 0. The number of anilines is 1. The summed E-state index contributed by atoms with van der Waals surface area (Å²) < 4.78 is 11.1. The van der Waals surface area contributed by atoms with Crippen LogP contribution in [0.1, 0.15) is 24.2 Å². The molecule has 0 spiro atoms. The summed E-state index contributed by atoms with van der Waals surface area (Å²) in [5, 5.41) is 17.6. The third-order valence-corrected chi connectivity index (χ3v) is 6.15. The Morgan fingerprint density at radius 3 is 2.24 bits per heavy atom. The second kappa shape index (κ2) is 10.4. The number of benzene rings is 4. The summed E-state index contributed by atoms with van der Waals surface area (Å²) in [5.74, 6) is -0.443. The van der Waals surface area contributed by atoms with Gasteiger partial charge in [0.05, 0.1) is 12.6 Å².